The first-order valence-corrected chi connectivity index (χ1v) is 6.90. The van der Waals surface area contributed by atoms with E-state index in [9.17, 15) is 14.0 Å². The molecule has 2 atom stereocenters. The zero-order chi connectivity index (χ0) is 14.3. The van der Waals surface area contributed by atoms with Crippen LogP contribution >= 0.6 is 11.6 Å². The van der Waals surface area contributed by atoms with Gasteiger partial charge in [-0.1, -0.05) is 29.8 Å². The van der Waals surface area contributed by atoms with Crippen molar-refractivity contribution in [2.24, 2.45) is 11.8 Å². The number of benzene rings is 1. The van der Waals surface area contributed by atoms with Crippen molar-refractivity contribution in [1.82, 2.24) is 4.90 Å². The summed E-state index contributed by atoms with van der Waals surface area (Å²) in [7, 11) is 0. The molecular weight excluding hydrogens is 281 g/mol. The fourth-order valence-electron chi connectivity index (χ4n) is 2.87. The minimum atomic E-state index is -0.494. The Labute approximate surface area is 121 Å². The highest BCUT2D eigenvalue weighted by Gasteiger charge is 2.47. The summed E-state index contributed by atoms with van der Waals surface area (Å²) < 4.78 is 13.8. The molecule has 1 aliphatic heterocycles. The highest BCUT2D eigenvalue weighted by Crippen LogP contribution is 2.36. The Kier molecular flexibility index (Phi) is 3.34. The monoisotopic (exact) mass is 293 g/mol. The quantitative estimate of drug-likeness (QED) is 0.621. The largest absolute Gasteiger partial charge is 0.277 e. The van der Waals surface area contributed by atoms with Gasteiger partial charge in [-0.3, -0.25) is 14.5 Å². The van der Waals surface area contributed by atoms with Crippen molar-refractivity contribution in [2.45, 2.75) is 19.4 Å². The van der Waals surface area contributed by atoms with E-state index in [1.54, 1.807) is 6.07 Å². The molecule has 0 N–H and O–H groups in total. The molecule has 3 rings (SSSR count). The molecule has 0 aromatic heterocycles. The molecule has 3 nitrogen and oxygen atoms in total. The molecule has 1 aromatic carbocycles. The molecule has 0 spiro atoms. The Morgan fingerprint density at radius 3 is 2.30 bits per heavy atom. The highest BCUT2D eigenvalue weighted by atomic mass is 35.5. The van der Waals surface area contributed by atoms with Gasteiger partial charge in [-0.2, -0.15) is 0 Å². The number of allylic oxidation sites excluding steroid dienone is 2. The van der Waals surface area contributed by atoms with E-state index >= 15 is 0 Å². The van der Waals surface area contributed by atoms with E-state index < -0.39 is 5.82 Å². The minimum absolute atomic E-state index is 0.0871. The molecule has 104 valence electrons. The number of likely N-dealkylation sites (tertiary alicyclic amines) is 1. The summed E-state index contributed by atoms with van der Waals surface area (Å²) in [6.07, 6.45) is 5.01. The van der Waals surface area contributed by atoms with Crippen molar-refractivity contribution in [1.29, 1.82) is 0 Å². The minimum Gasteiger partial charge on any atom is -0.277 e. The average Bonchev–Trinajstić information content (AvgIpc) is 2.68. The standard InChI is InChI=1S/C15H13ClFNO2/c16-12-6-3-7-13(17)11(12)8-18-14(19)9-4-1-2-5-10(9)15(18)20/h1-3,6-7,9-10H,4-5,8H2/t9-,10+. The number of hydrogen-bond acceptors (Lipinski definition) is 2. The third kappa shape index (κ3) is 2.04. The van der Waals surface area contributed by atoms with E-state index in [1.165, 1.54) is 12.1 Å². The molecule has 5 heteroatoms. The van der Waals surface area contributed by atoms with Gasteiger partial charge < -0.3 is 0 Å². The fourth-order valence-corrected chi connectivity index (χ4v) is 3.09. The number of imide groups is 1. The van der Waals surface area contributed by atoms with Crippen LogP contribution in [0, 0.1) is 17.7 Å². The molecule has 1 saturated heterocycles. The Bertz CT molecular complexity index is 568. The smallest absolute Gasteiger partial charge is 0.233 e. The van der Waals surface area contributed by atoms with Gasteiger partial charge >= 0.3 is 0 Å². The second-order valence-corrected chi connectivity index (χ2v) is 5.53. The Morgan fingerprint density at radius 2 is 1.75 bits per heavy atom. The second kappa shape index (κ2) is 5.02. The summed E-state index contributed by atoms with van der Waals surface area (Å²) >= 11 is 5.95. The van der Waals surface area contributed by atoms with Crippen LogP contribution < -0.4 is 0 Å². The lowest BCUT2D eigenvalue weighted by Crippen LogP contribution is -2.31. The van der Waals surface area contributed by atoms with Crippen LogP contribution in [0.25, 0.3) is 0 Å². The Morgan fingerprint density at radius 1 is 1.15 bits per heavy atom. The second-order valence-electron chi connectivity index (χ2n) is 5.12. The molecule has 1 heterocycles. The van der Waals surface area contributed by atoms with Crippen LogP contribution in [0.5, 0.6) is 0 Å². The van der Waals surface area contributed by atoms with Crippen molar-refractivity contribution in [3.8, 4) is 0 Å². The average molecular weight is 294 g/mol. The molecule has 0 unspecified atom stereocenters. The molecule has 1 aromatic rings. The predicted molar refractivity (Wildman–Crippen MR) is 72.3 cm³/mol. The maximum absolute atomic E-state index is 13.8. The summed E-state index contributed by atoms with van der Waals surface area (Å²) in [5.74, 6) is -1.52. The van der Waals surface area contributed by atoms with Gasteiger partial charge in [0.1, 0.15) is 5.82 Å². The van der Waals surface area contributed by atoms with Crippen molar-refractivity contribution >= 4 is 23.4 Å². The summed E-state index contributed by atoms with van der Waals surface area (Å²) in [4.78, 5) is 25.7. The van der Waals surface area contributed by atoms with Crippen molar-refractivity contribution in [2.75, 3.05) is 0 Å². The number of rotatable bonds is 2. The zero-order valence-corrected chi connectivity index (χ0v) is 11.4. The van der Waals surface area contributed by atoms with E-state index in [-0.39, 0.29) is 40.8 Å². The summed E-state index contributed by atoms with van der Waals surface area (Å²) in [6.45, 7) is -0.0871. The Hall–Kier alpha value is -1.68. The van der Waals surface area contributed by atoms with E-state index in [0.29, 0.717) is 12.8 Å². The van der Waals surface area contributed by atoms with Gasteiger partial charge in [-0.05, 0) is 25.0 Å². The number of fused-ring (bicyclic) bond motifs is 1. The first-order valence-electron chi connectivity index (χ1n) is 6.52. The summed E-state index contributed by atoms with van der Waals surface area (Å²) in [5, 5.41) is 0.235. The lowest BCUT2D eigenvalue weighted by Gasteiger charge is -2.16. The van der Waals surface area contributed by atoms with Crippen molar-refractivity contribution in [3.05, 3.63) is 46.8 Å². The molecule has 20 heavy (non-hydrogen) atoms. The van der Waals surface area contributed by atoms with Gasteiger partial charge in [0.25, 0.3) is 0 Å². The normalized spacial score (nSPS) is 25.2. The fraction of sp³-hybridized carbons (Fsp3) is 0.333. The van der Waals surface area contributed by atoms with Gasteiger partial charge in [0.2, 0.25) is 11.8 Å². The molecule has 1 fully saturated rings. The van der Waals surface area contributed by atoms with Crippen LogP contribution in [-0.4, -0.2) is 16.7 Å². The molecule has 2 amide bonds. The van der Waals surface area contributed by atoms with Crippen molar-refractivity contribution < 1.29 is 14.0 Å². The number of nitrogens with zero attached hydrogens (tertiary/aromatic N) is 1. The maximum Gasteiger partial charge on any atom is 0.233 e. The van der Waals surface area contributed by atoms with E-state index in [2.05, 4.69) is 0 Å². The van der Waals surface area contributed by atoms with Crippen LogP contribution in [0.4, 0.5) is 4.39 Å². The lowest BCUT2D eigenvalue weighted by atomic mass is 9.85. The van der Waals surface area contributed by atoms with Crippen LogP contribution in [0.3, 0.4) is 0 Å². The van der Waals surface area contributed by atoms with Crippen LogP contribution in [0.1, 0.15) is 18.4 Å². The highest BCUT2D eigenvalue weighted by molar-refractivity contribution is 6.31. The molecule has 2 aliphatic rings. The van der Waals surface area contributed by atoms with Gasteiger partial charge in [0, 0.05) is 10.6 Å². The van der Waals surface area contributed by atoms with Crippen molar-refractivity contribution in [3.63, 3.8) is 0 Å². The maximum atomic E-state index is 13.8. The van der Waals surface area contributed by atoms with Crippen LogP contribution in [-0.2, 0) is 16.1 Å². The summed E-state index contributed by atoms with van der Waals surface area (Å²) in [6, 6.07) is 4.33. The van der Waals surface area contributed by atoms with E-state index in [4.69, 9.17) is 11.6 Å². The lowest BCUT2D eigenvalue weighted by molar-refractivity contribution is -0.140. The van der Waals surface area contributed by atoms with Gasteiger partial charge in [0.15, 0.2) is 0 Å². The number of carbonyl (C=O) groups is 2. The number of carbonyl (C=O) groups excluding carboxylic acids is 2. The summed E-state index contributed by atoms with van der Waals surface area (Å²) in [5.41, 5.74) is 0.197. The Balaban J connectivity index is 1.88. The number of amides is 2. The molecule has 0 bridgehead atoms. The number of halogens is 2. The SMILES string of the molecule is O=C1[C@H]2CC=CC[C@H]2C(=O)N1Cc1c(F)cccc1Cl. The first-order chi connectivity index (χ1) is 9.59. The van der Waals surface area contributed by atoms with Gasteiger partial charge in [-0.25, -0.2) is 4.39 Å². The van der Waals surface area contributed by atoms with E-state index in [0.717, 1.165) is 4.90 Å². The molecule has 1 aliphatic carbocycles. The first kappa shape index (κ1) is 13.3. The van der Waals surface area contributed by atoms with Gasteiger partial charge in [0.05, 0.1) is 18.4 Å². The molecule has 0 saturated carbocycles. The zero-order valence-electron chi connectivity index (χ0n) is 10.7. The topological polar surface area (TPSA) is 37.4 Å². The van der Waals surface area contributed by atoms with Gasteiger partial charge in [-0.15, -0.1) is 0 Å². The van der Waals surface area contributed by atoms with Crippen LogP contribution in [0.2, 0.25) is 5.02 Å². The molecule has 0 radical (unpaired) electrons. The van der Waals surface area contributed by atoms with E-state index in [1.807, 2.05) is 12.2 Å². The number of hydrogen-bond donors (Lipinski definition) is 0. The molecular formula is C15H13ClFNO2. The predicted octanol–water partition coefficient (Wildman–Crippen LogP) is 2.93. The third-order valence-corrected chi connectivity index (χ3v) is 4.33. The van der Waals surface area contributed by atoms with Crippen LogP contribution in [0.15, 0.2) is 30.4 Å². The third-order valence-electron chi connectivity index (χ3n) is 3.98.